The Kier molecular flexibility index (Phi) is 5.16. The number of aliphatic carboxylic acids is 1. The summed E-state index contributed by atoms with van der Waals surface area (Å²) in [6, 6.07) is 3.88. The summed E-state index contributed by atoms with van der Waals surface area (Å²) in [6.07, 6.45) is 1.19. The van der Waals surface area contributed by atoms with Crippen molar-refractivity contribution in [3.05, 3.63) is 35.1 Å². The van der Waals surface area contributed by atoms with Gasteiger partial charge in [-0.1, -0.05) is 13.0 Å². The zero-order chi connectivity index (χ0) is 24.4. The molecule has 1 aliphatic heterocycles. The molecule has 1 aromatic rings. The van der Waals surface area contributed by atoms with Crippen LogP contribution in [0.2, 0.25) is 0 Å². The number of carbonyl (C=O) groups is 3. The Labute approximate surface area is 196 Å². The zero-order valence-corrected chi connectivity index (χ0v) is 19.3. The van der Waals surface area contributed by atoms with Gasteiger partial charge in [-0.15, -0.1) is 0 Å². The van der Waals surface area contributed by atoms with Gasteiger partial charge in [0.2, 0.25) is 6.10 Å². The molecule has 1 unspecified atom stereocenters. The lowest BCUT2D eigenvalue weighted by molar-refractivity contribution is -0.174. The van der Waals surface area contributed by atoms with Gasteiger partial charge in [-0.2, -0.15) is 0 Å². The highest BCUT2D eigenvalue weighted by atomic mass is 16.6. The largest absolute Gasteiger partial charge is 0.493 e. The highest BCUT2D eigenvalue weighted by molar-refractivity contribution is 5.83. The maximum absolute atomic E-state index is 12.7. The predicted octanol–water partition coefficient (Wildman–Crippen LogP) is 2.26. The van der Waals surface area contributed by atoms with E-state index in [1.54, 1.807) is 13.2 Å². The summed E-state index contributed by atoms with van der Waals surface area (Å²) in [7, 11) is 1.56. The van der Waals surface area contributed by atoms with Crippen LogP contribution in [-0.2, 0) is 35.7 Å². The van der Waals surface area contributed by atoms with Gasteiger partial charge in [0.25, 0.3) is 0 Å². The molecule has 9 nitrogen and oxygen atoms in total. The Balaban J connectivity index is 1.52. The normalized spacial score (nSPS) is 33.1. The second-order valence-electron chi connectivity index (χ2n) is 9.78. The van der Waals surface area contributed by atoms with Gasteiger partial charge in [0.15, 0.2) is 17.6 Å². The highest BCUT2D eigenvalue weighted by Crippen LogP contribution is 2.68. The van der Waals surface area contributed by atoms with Crippen LogP contribution in [0.4, 0.5) is 0 Å². The van der Waals surface area contributed by atoms with E-state index in [0.717, 1.165) is 30.9 Å². The molecule has 0 radical (unpaired) electrons. The summed E-state index contributed by atoms with van der Waals surface area (Å²) in [6.45, 7) is 3.24. The van der Waals surface area contributed by atoms with Crippen molar-refractivity contribution < 1.29 is 43.5 Å². The summed E-state index contributed by atoms with van der Waals surface area (Å²) >= 11 is 0. The Morgan fingerprint density at radius 1 is 1.29 bits per heavy atom. The summed E-state index contributed by atoms with van der Waals surface area (Å²) in [5.74, 6) is -1.42. The van der Waals surface area contributed by atoms with E-state index in [4.69, 9.17) is 18.9 Å². The van der Waals surface area contributed by atoms with Crippen molar-refractivity contribution in [2.45, 2.75) is 69.2 Å². The van der Waals surface area contributed by atoms with Crippen LogP contribution in [0.3, 0.4) is 0 Å². The first-order valence-electron chi connectivity index (χ1n) is 11.5. The number of carbonyl (C=O) groups excluding carboxylic acids is 2. The van der Waals surface area contributed by atoms with Crippen LogP contribution in [-0.4, -0.2) is 53.0 Å². The van der Waals surface area contributed by atoms with E-state index in [1.807, 2.05) is 12.1 Å². The molecule has 182 valence electrons. The van der Waals surface area contributed by atoms with E-state index in [-0.39, 0.29) is 18.1 Å². The maximum Gasteiger partial charge on any atom is 0.345 e. The average molecular weight is 472 g/mol. The van der Waals surface area contributed by atoms with Crippen LogP contribution >= 0.6 is 0 Å². The standard InChI is InChI=1S/C25H28O9/c1-12-6-8-24-20-14-4-5-16(31-3)21(20)34-22(24)17(7-9-25(24,30)15(12)10-14)33-19(27)11-18(23(28)29)32-13(2)26/h4-5,7,12,15,18,22,30H,6,8-11H2,1-3H3,(H,28,29)/t12?,15-,18-,22-,24-,25+/m0/s1. The number of aliphatic hydroxyl groups is 1. The average Bonchev–Trinajstić information content (AvgIpc) is 3.13. The molecule has 6 atom stereocenters. The molecule has 4 aliphatic rings. The van der Waals surface area contributed by atoms with Crippen molar-refractivity contribution >= 4 is 17.9 Å². The van der Waals surface area contributed by atoms with Crippen molar-refractivity contribution in [1.29, 1.82) is 0 Å². The van der Waals surface area contributed by atoms with Crippen LogP contribution in [0.25, 0.3) is 0 Å². The third kappa shape index (κ3) is 2.99. The van der Waals surface area contributed by atoms with E-state index in [1.165, 1.54) is 0 Å². The van der Waals surface area contributed by atoms with Gasteiger partial charge < -0.3 is 29.2 Å². The second kappa shape index (κ2) is 7.73. The smallest absolute Gasteiger partial charge is 0.345 e. The van der Waals surface area contributed by atoms with Crippen LogP contribution in [0, 0.1) is 11.8 Å². The molecule has 2 N–H and O–H groups in total. The minimum absolute atomic E-state index is 0.0213. The van der Waals surface area contributed by atoms with Gasteiger partial charge in [-0.05, 0) is 55.2 Å². The van der Waals surface area contributed by atoms with Crippen molar-refractivity contribution in [3.63, 3.8) is 0 Å². The van der Waals surface area contributed by atoms with Gasteiger partial charge in [-0.3, -0.25) is 9.59 Å². The summed E-state index contributed by atoms with van der Waals surface area (Å²) in [5.41, 5.74) is 0.158. The van der Waals surface area contributed by atoms with Gasteiger partial charge in [0, 0.05) is 12.5 Å². The number of methoxy groups -OCH3 is 1. The number of benzene rings is 1. The SMILES string of the molecule is COc1ccc2c3c1O[C@H]1C(OC(=O)C[C@H](OC(C)=O)C(=O)O)=CC[C@@]4(O)[C@@H](C2)C(C)CC[C@]314. The number of hydrogen-bond donors (Lipinski definition) is 2. The number of esters is 2. The molecule has 1 spiro atoms. The number of carboxylic acids is 1. The topological polar surface area (TPSA) is 129 Å². The number of rotatable bonds is 6. The fourth-order valence-corrected chi connectivity index (χ4v) is 6.67. The van der Waals surface area contributed by atoms with Crippen molar-refractivity contribution in [2.75, 3.05) is 7.11 Å². The third-order valence-electron chi connectivity index (χ3n) is 8.10. The first kappa shape index (κ1) is 22.7. The molecule has 1 heterocycles. The Morgan fingerprint density at radius 2 is 2.06 bits per heavy atom. The molecular formula is C25H28O9. The first-order chi connectivity index (χ1) is 16.1. The van der Waals surface area contributed by atoms with Crippen LogP contribution in [0.1, 0.15) is 50.7 Å². The quantitative estimate of drug-likeness (QED) is 0.599. The monoisotopic (exact) mass is 472 g/mol. The van der Waals surface area contributed by atoms with Crippen LogP contribution in [0.15, 0.2) is 24.0 Å². The van der Waals surface area contributed by atoms with E-state index < -0.39 is 47.6 Å². The first-order valence-corrected chi connectivity index (χ1v) is 11.5. The van der Waals surface area contributed by atoms with E-state index in [2.05, 4.69) is 6.92 Å². The maximum atomic E-state index is 12.7. The van der Waals surface area contributed by atoms with Crippen molar-refractivity contribution in [3.8, 4) is 11.5 Å². The lowest BCUT2D eigenvalue weighted by atomic mass is 9.45. The summed E-state index contributed by atoms with van der Waals surface area (Å²) < 4.78 is 22.3. The molecule has 0 amide bonds. The lowest BCUT2D eigenvalue weighted by Gasteiger charge is -2.61. The molecule has 1 aromatic carbocycles. The zero-order valence-electron chi connectivity index (χ0n) is 19.3. The molecule has 34 heavy (non-hydrogen) atoms. The molecule has 3 aliphatic carbocycles. The molecule has 0 saturated heterocycles. The minimum Gasteiger partial charge on any atom is -0.493 e. The second-order valence-corrected chi connectivity index (χ2v) is 9.78. The van der Waals surface area contributed by atoms with Crippen molar-refractivity contribution in [1.82, 2.24) is 0 Å². The summed E-state index contributed by atoms with van der Waals surface area (Å²) in [5, 5.41) is 21.5. The number of ether oxygens (including phenoxy) is 4. The molecule has 1 fully saturated rings. The highest BCUT2D eigenvalue weighted by Gasteiger charge is 2.72. The van der Waals surface area contributed by atoms with Gasteiger partial charge in [0.1, 0.15) is 5.76 Å². The third-order valence-corrected chi connectivity index (χ3v) is 8.10. The molecule has 9 heteroatoms. The number of carboxylic acid groups (broad SMARTS) is 1. The minimum atomic E-state index is -1.65. The van der Waals surface area contributed by atoms with Gasteiger partial charge in [0.05, 0.1) is 24.5 Å². The van der Waals surface area contributed by atoms with Gasteiger partial charge in [-0.25, -0.2) is 4.79 Å². The van der Waals surface area contributed by atoms with Gasteiger partial charge >= 0.3 is 17.9 Å². The van der Waals surface area contributed by atoms with Crippen LogP contribution in [0.5, 0.6) is 11.5 Å². The fourth-order valence-electron chi connectivity index (χ4n) is 6.67. The molecule has 1 saturated carbocycles. The Bertz CT molecular complexity index is 1110. The van der Waals surface area contributed by atoms with E-state index in [0.29, 0.717) is 23.8 Å². The van der Waals surface area contributed by atoms with E-state index >= 15 is 0 Å². The number of hydrogen-bond acceptors (Lipinski definition) is 8. The summed E-state index contributed by atoms with van der Waals surface area (Å²) in [4.78, 5) is 35.3. The molecular weight excluding hydrogens is 444 g/mol. The fraction of sp³-hybridized carbons (Fsp3) is 0.560. The van der Waals surface area contributed by atoms with Crippen molar-refractivity contribution in [2.24, 2.45) is 11.8 Å². The molecule has 5 rings (SSSR count). The Hall–Kier alpha value is -3.07. The van der Waals surface area contributed by atoms with E-state index in [9.17, 15) is 24.6 Å². The molecule has 0 aromatic heterocycles. The van der Waals surface area contributed by atoms with Crippen LogP contribution < -0.4 is 9.47 Å². The Morgan fingerprint density at radius 3 is 2.74 bits per heavy atom. The molecule has 2 bridgehead atoms. The predicted molar refractivity (Wildman–Crippen MR) is 116 cm³/mol. The lowest BCUT2D eigenvalue weighted by Crippen LogP contribution is -2.69.